The number of fused-ring (bicyclic) bond motifs is 1. The molecular formula is C18H20N6O2. The van der Waals surface area contributed by atoms with E-state index in [9.17, 15) is 10.0 Å². The Balaban J connectivity index is 1.59. The van der Waals surface area contributed by atoms with Crippen molar-refractivity contribution in [1.82, 2.24) is 19.6 Å². The van der Waals surface area contributed by atoms with E-state index in [1.165, 1.54) is 11.9 Å². The molecule has 0 saturated carbocycles. The highest BCUT2D eigenvalue weighted by atomic mass is 16.5. The summed E-state index contributed by atoms with van der Waals surface area (Å²) < 4.78 is 0.455. The predicted octanol–water partition coefficient (Wildman–Crippen LogP) is 1.52. The largest absolute Gasteiger partial charge is 0.422 e. The molecule has 3 aromatic rings. The number of likely N-dealkylation sites (N-methyl/N-ethyl adjacent to an activating group) is 1. The molecule has 1 aliphatic heterocycles. The van der Waals surface area contributed by atoms with Crippen molar-refractivity contribution < 1.29 is 5.21 Å². The average Bonchev–Trinajstić information content (AvgIpc) is 2.67. The molecule has 2 aromatic heterocycles. The summed E-state index contributed by atoms with van der Waals surface area (Å²) in [5, 5.41) is 13.5. The lowest BCUT2D eigenvalue weighted by Gasteiger charge is -2.34. The third kappa shape index (κ3) is 3.06. The van der Waals surface area contributed by atoms with E-state index in [2.05, 4.69) is 44.3 Å². The second kappa shape index (κ2) is 6.64. The first kappa shape index (κ1) is 16.3. The van der Waals surface area contributed by atoms with Crippen LogP contribution in [0.5, 0.6) is 0 Å². The van der Waals surface area contributed by atoms with Crippen LogP contribution in [0.2, 0.25) is 0 Å². The maximum Gasteiger partial charge on any atom is 0.384 e. The molecule has 1 aliphatic rings. The van der Waals surface area contributed by atoms with Crippen LogP contribution in [0.15, 0.2) is 47.4 Å². The van der Waals surface area contributed by atoms with Gasteiger partial charge >= 0.3 is 5.69 Å². The molecule has 0 atom stereocenters. The number of piperazine rings is 1. The Morgan fingerprint density at radius 2 is 1.81 bits per heavy atom. The quantitative estimate of drug-likeness (QED) is 0.691. The molecule has 26 heavy (non-hydrogen) atoms. The Kier molecular flexibility index (Phi) is 4.18. The average molecular weight is 352 g/mol. The Morgan fingerprint density at radius 1 is 1.08 bits per heavy atom. The van der Waals surface area contributed by atoms with Gasteiger partial charge in [-0.3, -0.25) is 0 Å². The summed E-state index contributed by atoms with van der Waals surface area (Å²) in [5.41, 5.74) is 1.39. The summed E-state index contributed by atoms with van der Waals surface area (Å²) in [7, 11) is 2.14. The van der Waals surface area contributed by atoms with Gasteiger partial charge in [-0.05, 0) is 43.4 Å². The molecule has 0 amide bonds. The molecule has 0 spiro atoms. The molecule has 134 valence electrons. The van der Waals surface area contributed by atoms with Crippen molar-refractivity contribution in [3.63, 3.8) is 0 Å². The lowest BCUT2D eigenvalue weighted by Crippen LogP contribution is -2.44. The SMILES string of the molecule is CN1CCN(c2ccc(Nc3nc(=O)n(O)c4ncccc34)cc2)CC1. The van der Waals surface area contributed by atoms with Gasteiger partial charge < -0.3 is 20.3 Å². The predicted molar refractivity (Wildman–Crippen MR) is 100 cm³/mol. The van der Waals surface area contributed by atoms with Crippen LogP contribution in [0.4, 0.5) is 17.2 Å². The molecule has 3 heterocycles. The molecule has 8 heteroatoms. The minimum absolute atomic E-state index is 0.170. The van der Waals surface area contributed by atoms with Crippen molar-refractivity contribution in [2.75, 3.05) is 43.4 Å². The van der Waals surface area contributed by atoms with Crippen molar-refractivity contribution in [3.8, 4) is 0 Å². The summed E-state index contributed by atoms with van der Waals surface area (Å²) in [6, 6.07) is 11.5. The molecule has 2 N–H and O–H groups in total. The third-order valence-electron chi connectivity index (χ3n) is 4.63. The lowest BCUT2D eigenvalue weighted by molar-refractivity contribution is 0.182. The fraction of sp³-hybridized carbons (Fsp3) is 0.278. The van der Waals surface area contributed by atoms with Crippen molar-refractivity contribution in [2.24, 2.45) is 0 Å². The first-order chi connectivity index (χ1) is 12.6. The Labute approximate surface area is 150 Å². The van der Waals surface area contributed by atoms with Crippen LogP contribution in [0.3, 0.4) is 0 Å². The Morgan fingerprint density at radius 3 is 2.54 bits per heavy atom. The monoisotopic (exact) mass is 352 g/mol. The number of hydrogen-bond donors (Lipinski definition) is 2. The number of nitrogens with zero attached hydrogens (tertiary/aromatic N) is 5. The van der Waals surface area contributed by atoms with Crippen molar-refractivity contribution in [1.29, 1.82) is 0 Å². The fourth-order valence-corrected chi connectivity index (χ4v) is 3.10. The van der Waals surface area contributed by atoms with E-state index in [-0.39, 0.29) is 5.65 Å². The molecule has 1 fully saturated rings. The van der Waals surface area contributed by atoms with Gasteiger partial charge in [-0.15, -0.1) is 4.73 Å². The van der Waals surface area contributed by atoms with Crippen molar-refractivity contribution in [3.05, 3.63) is 53.1 Å². The van der Waals surface area contributed by atoms with Gasteiger partial charge in [-0.1, -0.05) is 0 Å². The molecule has 1 aromatic carbocycles. The molecule has 1 saturated heterocycles. The van der Waals surface area contributed by atoms with Gasteiger partial charge in [0.2, 0.25) is 0 Å². The summed E-state index contributed by atoms with van der Waals surface area (Å²) >= 11 is 0. The van der Waals surface area contributed by atoms with Gasteiger partial charge in [-0.25, -0.2) is 9.78 Å². The van der Waals surface area contributed by atoms with E-state index in [4.69, 9.17) is 0 Å². The van der Waals surface area contributed by atoms with Crippen molar-refractivity contribution in [2.45, 2.75) is 0 Å². The summed E-state index contributed by atoms with van der Waals surface area (Å²) in [5.74, 6) is 0.371. The first-order valence-electron chi connectivity index (χ1n) is 8.49. The molecule has 0 unspecified atom stereocenters. The summed E-state index contributed by atoms with van der Waals surface area (Å²) in [4.78, 5) is 24.5. The minimum Gasteiger partial charge on any atom is -0.422 e. The van der Waals surface area contributed by atoms with E-state index in [0.29, 0.717) is 15.9 Å². The van der Waals surface area contributed by atoms with E-state index >= 15 is 0 Å². The second-order valence-electron chi connectivity index (χ2n) is 6.39. The number of rotatable bonds is 3. The van der Waals surface area contributed by atoms with Crippen LogP contribution >= 0.6 is 0 Å². The van der Waals surface area contributed by atoms with Crippen LogP contribution in [0.25, 0.3) is 11.0 Å². The topological polar surface area (TPSA) is 86.5 Å². The standard InChI is InChI=1S/C18H20N6O2/c1-22-9-11-23(12-10-22)14-6-4-13(5-7-14)20-16-15-3-2-8-19-17(15)24(26)18(25)21-16/h2-8,26H,9-12H2,1H3,(H,20,21,25). The summed E-state index contributed by atoms with van der Waals surface area (Å²) in [6.45, 7) is 4.13. The molecule has 0 bridgehead atoms. The number of anilines is 3. The number of benzene rings is 1. The molecular weight excluding hydrogens is 332 g/mol. The number of aromatic nitrogens is 3. The van der Waals surface area contributed by atoms with Crippen molar-refractivity contribution >= 4 is 28.2 Å². The Hall–Kier alpha value is -3.13. The van der Waals surface area contributed by atoms with Gasteiger partial charge in [0.25, 0.3) is 0 Å². The van der Waals surface area contributed by atoms with E-state index in [1.807, 2.05) is 12.1 Å². The van der Waals surface area contributed by atoms with E-state index in [1.54, 1.807) is 12.1 Å². The molecule has 8 nitrogen and oxygen atoms in total. The molecule has 0 aliphatic carbocycles. The number of hydrogen-bond acceptors (Lipinski definition) is 7. The molecule has 4 rings (SSSR count). The molecule has 0 radical (unpaired) electrons. The van der Waals surface area contributed by atoms with Crippen LogP contribution in [0, 0.1) is 0 Å². The summed E-state index contributed by atoms with van der Waals surface area (Å²) in [6.07, 6.45) is 1.52. The fourth-order valence-electron chi connectivity index (χ4n) is 3.10. The van der Waals surface area contributed by atoms with Crippen LogP contribution in [-0.4, -0.2) is 58.0 Å². The highest BCUT2D eigenvalue weighted by Gasteiger charge is 2.14. The normalized spacial score (nSPS) is 15.3. The highest BCUT2D eigenvalue weighted by molar-refractivity contribution is 5.88. The van der Waals surface area contributed by atoms with Crippen LogP contribution in [-0.2, 0) is 0 Å². The zero-order valence-electron chi connectivity index (χ0n) is 14.5. The van der Waals surface area contributed by atoms with E-state index < -0.39 is 5.69 Å². The first-order valence-corrected chi connectivity index (χ1v) is 8.49. The Bertz CT molecular complexity index is 977. The second-order valence-corrected chi connectivity index (χ2v) is 6.39. The maximum absolute atomic E-state index is 11.8. The van der Waals surface area contributed by atoms with Gasteiger partial charge in [0.05, 0.1) is 5.39 Å². The van der Waals surface area contributed by atoms with Crippen LogP contribution < -0.4 is 15.9 Å². The van der Waals surface area contributed by atoms with Crippen LogP contribution in [0.1, 0.15) is 0 Å². The van der Waals surface area contributed by atoms with Gasteiger partial charge in [0, 0.05) is 43.8 Å². The van der Waals surface area contributed by atoms with Gasteiger partial charge in [-0.2, -0.15) is 4.98 Å². The zero-order valence-corrected chi connectivity index (χ0v) is 14.5. The smallest absolute Gasteiger partial charge is 0.384 e. The lowest BCUT2D eigenvalue weighted by atomic mass is 10.2. The maximum atomic E-state index is 11.8. The minimum atomic E-state index is -0.771. The third-order valence-corrected chi connectivity index (χ3v) is 4.63. The number of pyridine rings is 1. The van der Waals surface area contributed by atoms with Gasteiger partial charge in [0.1, 0.15) is 5.82 Å². The van der Waals surface area contributed by atoms with Gasteiger partial charge in [0.15, 0.2) is 5.65 Å². The number of nitrogens with one attached hydrogen (secondary N) is 1. The van der Waals surface area contributed by atoms with E-state index in [0.717, 1.165) is 31.9 Å². The zero-order chi connectivity index (χ0) is 18.1. The highest BCUT2D eigenvalue weighted by Crippen LogP contribution is 2.24.